The molecule has 0 unspecified atom stereocenters. The molecule has 4 heteroatoms. The summed E-state index contributed by atoms with van der Waals surface area (Å²) >= 11 is 0. The third kappa shape index (κ3) is 3.39. The summed E-state index contributed by atoms with van der Waals surface area (Å²) in [5.41, 5.74) is 3.54. The van der Waals surface area contributed by atoms with Crippen LogP contribution in [0.5, 0.6) is 0 Å². The summed E-state index contributed by atoms with van der Waals surface area (Å²) in [6.45, 7) is 11.0. The predicted octanol–water partition coefficient (Wildman–Crippen LogP) is 1.15. The third-order valence-electron chi connectivity index (χ3n) is 4.82. The number of nitrogens with zero attached hydrogens (tertiary/aromatic N) is 2. The van der Waals surface area contributed by atoms with Crippen LogP contribution in [0.3, 0.4) is 0 Å². The highest BCUT2D eigenvalue weighted by molar-refractivity contribution is 5.55. The van der Waals surface area contributed by atoms with E-state index < -0.39 is 5.60 Å². The molecule has 0 amide bonds. The van der Waals surface area contributed by atoms with Crippen molar-refractivity contribution in [1.29, 1.82) is 0 Å². The van der Waals surface area contributed by atoms with Crippen LogP contribution in [0.2, 0.25) is 0 Å². The standard InChI is InChI=1S/C17H27N3O/c1-14-3-4-15(2)16(11-14)20-9-7-19(8-10-20)13-17(21)5-6-18-12-17/h3-4,11,18,21H,5-10,12-13H2,1-2H3/t17-/m1/s1. The maximum absolute atomic E-state index is 10.5. The Morgan fingerprint density at radius 3 is 2.62 bits per heavy atom. The van der Waals surface area contributed by atoms with E-state index in [0.717, 1.165) is 52.2 Å². The Hall–Kier alpha value is -1.10. The lowest BCUT2D eigenvalue weighted by atomic mass is 10.0. The van der Waals surface area contributed by atoms with Crippen LogP contribution >= 0.6 is 0 Å². The number of piperazine rings is 1. The van der Waals surface area contributed by atoms with Crippen molar-refractivity contribution < 1.29 is 5.11 Å². The highest BCUT2D eigenvalue weighted by atomic mass is 16.3. The van der Waals surface area contributed by atoms with Gasteiger partial charge in [0.25, 0.3) is 0 Å². The number of aliphatic hydroxyl groups is 1. The maximum Gasteiger partial charge on any atom is 0.0909 e. The first-order valence-corrected chi connectivity index (χ1v) is 8.03. The van der Waals surface area contributed by atoms with Gasteiger partial charge in [-0.25, -0.2) is 0 Å². The van der Waals surface area contributed by atoms with Crippen molar-refractivity contribution in [2.24, 2.45) is 0 Å². The average Bonchev–Trinajstić information content (AvgIpc) is 2.89. The highest BCUT2D eigenvalue weighted by Crippen LogP contribution is 2.24. The van der Waals surface area contributed by atoms with E-state index in [-0.39, 0.29) is 0 Å². The number of hydrogen-bond donors (Lipinski definition) is 2. The van der Waals surface area contributed by atoms with Gasteiger partial charge in [-0.1, -0.05) is 12.1 Å². The molecule has 2 aliphatic heterocycles. The zero-order valence-electron chi connectivity index (χ0n) is 13.2. The number of nitrogens with one attached hydrogen (secondary N) is 1. The minimum atomic E-state index is -0.512. The smallest absolute Gasteiger partial charge is 0.0909 e. The fourth-order valence-corrected chi connectivity index (χ4v) is 3.49. The first-order chi connectivity index (χ1) is 10.1. The predicted molar refractivity (Wildman–Crippen MR) is 87.0 cm³/mol. The molecule has 0 aromatic heterocycles. The lowest BCUT2D eigenvalue weighted by Gasteiger charge is -2.39. The molecule has 0 bridgehead atoms. The number of rotatable bonds is 3. The molecule has 116 valence electrons. The van der Waals surface area contributed by atoms with Crippen molar-refractivity contribution in [3.05, 3.63) is 29.3 Å². The molecule has 1 aromatic rings. The van der Waals surface area contributed by atoms with Crippen molar-refractivity contribution in [3.8, 4) is 0 Å². The molecule has 2 fully saturated rings. The highest BCUT2D eigenvalue weighted by Gasteiger charge is 2.34. The van der Waals surface area contributed by atoms with Crippen LogP contribution in [-0.2, 0) is 0 Å². The summed E-state index contributed by atoms with van der Waals surface area (Å²) in [5.74, 6) is 0. The fourth-order valence-electron chi connectivity index (χ4n) is 3.49. The van der Waals surface area contributed by atoms with Gasteiger partial charge in [-0.3, -0.25) is 4.90 Å². The second-order valence-electron chi connectivity index (χ2n) is 6.70. The molecule has 0 saturated carbocycles. The zero-order valence-corrected chi connectivity index (χ0v) is 13.2. The fraction of sp³-hybridized carbons (Fsp3) is 0.647. The third-order valence-corrected chi connectivity index (χ3v) is 4.82. The van der Waals surface area contributed by atoms with Crippen molar-refractivity contribution >= 4 is 5.69 Å². The second kappa shape index (κ2) is 5.95. The van der Waals surface area contributed by atoms with Gasteiger partial charge in [0.1, 0.15) is 0 Å². The van der Waals surface area contributed by atoms with Crippen LogP contribution in [-0.4, -0.2) is 61.4 Å². The van der Waals surface area contributed by atoms with Gasteiger partial charge in [-0.15, -0.1) is 0 Å². The number of aryl methyl sites for hydroxylation is 2. The Balaban J connectivity index is 1.58. The van der Waals surface area contributed by atoms with Crippen molar-refractivity contribution in [2.75, 3.05) is 50.7 Å². The van der Waals surface area contributed by atoms with Gasteiger partial charge in [-0.05, 0) is 44.0 Å². The maximum atomic E-state index is 10.5. The van der Waals surface area contributed by atoms with Gasteiger partial charge < -0.3 is 15.3 Å². The summed E-state index contributed by atoms with van der Waals surface area (Å²) in [5, 5.41) is 13.8. The van der Waals surface area contributed by atoms with Gasteiger partial charge in [-0.2, -0.15) is 0 Å². The molecule has 2 saturated heterocycles. The quantitative estimate of drug-likeness (QED) is 0.875. The first kappa shape index (κ1) is 14.8. The molecule has 21 heavy (non-hydrogen) atoms. The van der Waals surface area contributed by atoms with Gasteiger partial charge in [0.15, 0.2) is 0 Å². The van der Waals surface area contributed by atoms with Crippen LogP contribution in [0.4, 0.5) is 5.69 Å². The molecular weight excluding hydrogens is 262 g/mol. The lowest BCUT2D eigenvalue weighted by Crippen LogP contribution is -2.52. The van der Waals surface area contributed by atoms with Gasteiger partial charge in [0.05, 0.1) is 5.60 Å². The molecule has 0 spiro atoms. The van der Waals surface area contributed by atoms with E-state index in [2.05, 4.69) is 47.2 Å². The molecule has 3 rings (SSSR count). The Morgan fingerprint density at radius 1 is 1.19 bits per heavy atom. The molecule has 0 aliphatic carbocycles. The van der Waals surface area contributed by atoms with E-state index in [9.17, 15) is 5.11 Å². The van der Waals surface area contributed by atoms with Crippen LogP contribution in [0.25, 0.3) is 0 Å². The number of benzene rings is 1. The van der Waals surface area contributed by atoms with Crippen LogP contribution in [0.15, 0.2) is 18.2 Å². The van der Waals surface area contributed by atoms with Crippen molar-refractivity contribution in [1.82, 2.24) is 10.2 Å². The van der Waals surface area contributed by atoms with E-state index in [1.807, 2.05) is 0 Å². The van der Waals surface area contributed by atoms with Crippen LogP contribution in [0, 0.1) is 13.8 Å². The van der Waals surface area contributed by atoms with E-state index in [1.165, 1.54) is 16.8 Å². The summed E-state index contributed by atoms with van der Waals surface area (Å²) < 4.78 is 0. The Kier molecular flexibility index (Phi) is 4.20. The molecule has 0 radical (unpaired) electrons. The zero-order chi connectivity index (χ0) is 14.9. The lowest BCUT2D eigenvalue weighted by molar-refractivity contribution is 0.0193. The first-order valence-electron chi connectivity index (χ1n) is 8.03. The minimum absolute atomic E-state index is 0.512. The Morgan fingerprint density at radius 2 is 1.95 bits per heavy atom. The van der Waals surface area contributed by atoms with Crippen molar-refractivity contribution in [2.45, 2.75) is 25.9 Å². The Bertz CT molecular complexity index is 489. The minimum Gasteiger partial charge on any atom is -0.387 e. The van der Waals surface area contributed by atoms with E-state index in [1.54, 1.807) is 0 Å². The summed E-state index contributed by atoms with van der Waals surface area (Å²) in [6, 6.07) is 6.68. The molecule has 4 nitrogen and oxygen atoms in total. The number of anilines is 1. The van der Waals surface area contributed by atoms with E-state index in [4.69, 9.17) is 0 Å². The monoisotopic (exact) mass is 289 g/mol. The number of hydrogen-bond acceptors (Lipinski definition) is 4. The Labute approximate surface area is 127 Å². The summed E-state index contributed by atoms with van der Waals surface area (Å²) in [4.78, 5) is 4.89. The molecule has 1 atom stereocenters. The van der Waals surface area contributed by atoms with Crippen LogP contribution < -0.4 is 10.2 Å². The number of β-amino-alcohol motifs (C(OH)–C–C–N with tert-alkyl or cyclic N) is 1. The molecule has 2 heterocycles. The van der Waals surface area contributed by atoms with Crippen molar-refractivity contribution in [3.63, 3.8) is 0 Å². The molecule has 2 aliphatic rings. The van der Waals surface area contributed by atoms with Gasteiger partial charge in [0.2, 0.25) is 0 Å². The summed E-state index contributed by atoms with van der Waals surface area (Å²) in [6.07, 6.45) is 0.879. The van der Waals surface area contributed by atoms with E-state index >= 15 is 0 Å². The topological polar surface area (TPSA) is 38.7 Å². The summed E-state index contributed by atoms with van der Waals surface area (Å²) in [7, 11) is 0. The van der Waals surface area contributed by atoms with Gasteiger partial charge >= 0.3 is 0 Å². The SMILES string of the molecule is Cc1ccc(C)c(N2CCN(C[C@@]3(O)CCNC3)CC2)c1. The van der Waals surface area contributed by atoms with E-state index in [0.29, 0.717) is 0 Å². The molecule has 1 aromatic carbocycles. The molecule has 2 N–H and O–H groups in total. The average molecular weight is 289 g/mol. The van der Waals surface area contributed by atoms with Crippen LogP contribution in [0.1, 0.15) is 17.5 Å². The second-order valence-corrected chi connectivity index (χ2v) is 6.70. The molecular formula is C17H27N3O. The normalized spacial score (nSPS) is 27.3. The van der Waals surface area contributed by atoms with Gasteiger partial charge in [0, 0.05) is 45.0 Å². The largest absolute Gasteiger partial charge is 0.387 e.